The molecule has 0 N–H and O–H groups in total. The zero-order valence-corrected chi connectivity index (χ0v) is 9.40. The fraction of sp³-hybridized carbons (Fsp3) is 0.538. The van der Waals surface area contributed by atoms with Crippen LogP contribution in [-0.4, -0.2) is 12.9 Å². The van der Waals surface area contributed by atoms with Gasteiger partial charge in [0, 0.05) is 13.0 Å². The summed E-state index contributed by atoms with van der Waals surface area (Å²) in [6.07, 6.45) is 2.09. The molecule has 1 fully saturated rings. The third-order valence-electron chi connectivity index (χ3n) is 2.78. The number of hydrogen-bond donors (Lipinski definition) is 0. The van der Waals surface area contributed by atoms with Gasteiger partial charge in [-0.3, -0.25) is 0 Å². The summed E-state index contributed by atoms with van der Waals surface area (Å²) >= 11 is 0. The molecule has 0 aliphatic carbocycles. The van der Waals surface area contributed by atoms with Gasteiger partial charge >= 0.3 is 0 Å². The van der Waals surface area contributed by atoms with Gasteiger partial charge in [-0.15, -0.1) is 0 Å². The number of ether oxygens (including phenoxy) is 2. The molecule has 2 nitrogen and oxygen atoms in total. The summed E-state index contributed by atoms with van der Waals surface area (Å²) in [6, 6.07) is 10.3. The molecule has 0 amide bonds. The molecule has 1 aliphatic rings. The maximum Gasteiger partial charge on any atom is 0.158 e. The molecule has 1 aromatic rings. The lowest BCUT2D eigenvalue weighted by Gasteiger charge is -2.29. The predicted molar refractivity (Wildman–Crippen MR) is 59.5 cm³/mol. The molecule has 1 aromatic carbocycles. The molecule has 0 spiro atoms. The van der Waals surface area contributed by atoms with Crippen molar-refractivity contribution in [1.82, 2.24) is 0 Å². The maximum atomic E-state index is 5.96. The van der Waals surface area contributed by atoms with Crippen LogP contribution < -0.4 is 0 Å². The van der Waals surface area contributed by atoms with Crippen molar-refractivity contribution in [2.75, 3.05) is 6.61 Å². The zero-order chi connectivity index (χ0) is 10.7. The summed E-state index contributed by atoms with van der Waals surface area (Å²) in [5, 5.41) is 0. The summed E-state index contributed by atoms with van der Waals surface area (Å²) in [5.41, 5.74) is 0.927. The molecule has 0 aromatic heterocycles. The Morgan fingerprint density at radius 1 is 1.27 bits per heavy atom. The van der Waals surface area contributed by atoms with Crippen molar-refractivity contribution >= 4 is 0 Å². The Kier molecular flexibility index (Phi) is 3.08. The highest BCUT2D eigenvalue weighted by molar-refractivity contribution is 5.20. The number of benzene rings is 1. The smallest absolute Gasteiger partial charge is 0.158 e. The van der Waals surface area contributed by atoms with Gasteiger partial charge in [0.25, 0.3) is 0 Å². The van der Waals surface area contributed by atoms with Gasteiger partial charge < -0.3 is 9.47 Å². The SMILES string of the molecule is CC(C)(OC1CCCO1)c1ccccc1. The minimum absolute atomic E-state index is 0.0276. The normalized spacial score (nSPS) is 21.9. The van der Waals surface area contributed by atoms with Crippen LogP contribution >= 0.6 is 0 Å². The Morgan fingerprint density at radius 2 is 2.00 bits per heavy atom. The van der Waals surface area contributed by atoms with Crippen molar-refractivity contribution in [3.8, 4) is 0 Å². The van der Waals surface area contributed by atoms with Crippen LogP contribution in [0.5, 0.6) is 0 Å². The zero-order valence-electron chi connectivity index (χ0n) is 9.40. The monoisotopic (exact) mass is 206 g/mol. The Balaban J connectivity index is 2.05. The highest BCUT2D eigenvalue weighted by atomic mass is 16.7. The van der Waals surface area contributed by atoms with Crippen molar-refractivity contribution in [2.45, 2.75) is 38.6 Å². The van der Waals surface area contributed by atoms with Crippen LogP contribution in [0.2, 0.25) is 0 Å². The molecule has 1 heterocycles. The first-order chi connectivity index (χ1) is 7.18. The van der Waals surface area contributed by atoms with E-state index in [1.807, 2.05) is 18.2 Å². The van der Waals surface area contributed by atoms with E-state index >= 15 is 0 Å². The molecule has 82 valence electrons. The molecule has 1 unspecified atom stereocenters. The Hall–Kier alpha value is -0.860. The molecular weight excluding hydrogens is 188 g/mol. The minimum Gasteiger partial charge on any atom is -0.353 e. The first-order valence-corrected chi connectivity index (χ1v) is 5.53. The van der Waals surface area contributed by atoms with Crippen molar-refractivity contribution in [3.63, 3.8) is 0 Å². The topological polar surface area (TPSA) is 18.5 Å². The van der Waals surface area contributed by atoms with E-state index in [0.717, 1.165) is 19.4 Å². The third-order valence-corrected chi connectivity index (χ3v) is 2.78. The van der Waals surface area contributed by atoms with Crippen molar-refractivity contribution < 1.29 is 9.47 Å². The average Bonchev–Trinajstić information content (AvgIpc) is 2.71. The van der Waals surface area contributed by atoms with Crippen LogP contribution in [0.3, 0.4) is 0 Å². The molecule has 1 aliphatic heterocycles. The first kappa shape index (κ1) is 10.7. The van der Waals surface area contributed by atoms with Crippen LogP contribution in [0.1, 0.15) is 32.3 Å². The van der Waals surface area contributed by atoms with Gasteiger partial charge in [-0.05, 0) is 25.8 Å². The Morgan fingerprint density at radius 3 is 2.60 bits per heavy atom. The molecule has 2 heteroatoms. The first-order valence-electron chi connectivity index (χ1n) is 5.53. The lowest BCUT2D eigenvalue weighted by atomic mass is 9.98. The van der Waals surface area contributed by atoms with Gasteiger partial charge in [0.05, 0.1) is 5.60 Å². The van der Waals surface area contributed by atoms with E-state index in [1.165, 1.54) is 5.56 Å². The van der Waals surface area contributed by atoms with Gasteiger partial charge in [0.1, 0.15) is 0 Å². The fourth-order valence-corrected chi connectivity index (χ4v) is 1.88. The van der Waals surface area contributed by atoms with Gasteiger partial charge in [-0.2, -0.15) is 0 Å². The molecule has 0 bridgehead atoms. The highest BCUT2D eigenvalue weighted by Gasteiger charge is 2.27. The Labute approximate surface area is 91.2 Å². The Bertz CT molecular complexity index is 300. The van der Waals surface area contributed by atoms with E-state index in [0.29, 0.717) is 0 Å². The lowest BCUT2D eigenvalue weighted by Crippen LogP contribution is -2.27. The van der Waals surface area contributed by atoms with Crippen LogP contribution in [0.4, 0.5) is 0 Å². The molecule has 15 heavy (non-hydrogen) atoms. The van der Waals surface area contributed by atoms with Crippen molar-refractivity contribution in [2.24, 2.45) is 0 Å². The van der Waals surface area contributed by atoms with Gasteiger partial charge in [-0.25, -0.2) is 0 Å². The quantitative estimate of drug-likeness (QED) is 0.756. The molecule has 0 radical (unpaired) electrons. The van der Waals surface area contributed by atoms with Crippen LogP contribution in [0.15, 0.2) is 30.3 Å². The number of rotatable bonds is 3. The van der Waals surface area contributed by atoms with Gasteiger partial charge in [0.2, 0.25) is 0 Å². The fourth-order valence-electron chi connectivity index (χ4n) is 1.88. The van der Waals surface area contributed by atoms with E-state index in [-0.39, 0.29) is 11.9 Å². The lowest BCUT2D eigenvalue weighted by molar-refractivity contribution is -0.182. The molecule has 1 atom stereocenters. The minimum atomic E-state index is -0.268. The van der Waals surface area contributed by atoms with E-state index in [9.17, 15) is 0 Å². The van der Waals surface area contributed by atoms with Crippen molar-refractivity contribution in [3.05, 3.63) is 35.9 Å². The molecule has 0 saturated carbocycles. The third kappa shape index (κ3) is 2.58. The van der Waals surface area contributed by atoms with E-state index in [1.54, 1.807) is 0 Å². The van der Waals surface area contributed by atoms with E-state index in [4.69, 9.17) is 9.47 Å². The molecule has 1 saturated heterocycles. The number of hydrogen-bond acceptors (Lipinski definition) is 2. The van der Waals surface area contributed by atoms with Crippen LogP contribution in [-0.2, 0) is 15.1 Å². The second-order valence-corrected chi connectivity index (χ2v) is 4.44. The second-order valence-electron chi connectivity index (χ2n) is 4.44. The van der Waals surface area contributed by atoms with Crippen LogP contribution in [0.25, 0.3) is 0 Å². The molecule has 2 rings (SSSR count). The summed E-state index contributed by atoms with van der Waals surface area (Å²) in [7, 11) is 0. The second kappa shape index (κ2) is 4.33. The van der Waals surface area contributed by atoms with Gasteiger partial charge in [-0.1, -0.05) is 30.3 Å². The van der Waals surface area contributed by atoms with Crippen LogP contribution in [0, 0.1) is 0 Å². The van der Waals surface area contributed by atoms with Gasteiger partial charge in [0.15, 0.2) is 6.29 Å². The summed E-state index contributed by atoms with van der Waals surface area (Å²) in [5.74, 6) is 0. The van der Waals surface area contributed by atoms with E-state index in [2.05, 4.69) is 26.0 Å². The maximum absolute atomic E-state index is 5.96. The summed E-state index contributed by atoms with van der Waals surface area (Å²) in [6.45, 7) is 5.00. The summed E-state index contributed by atoms with van der Waals surface area (Å²) in [4.78, 5) is 0. The standard InChI is InChI=1S/C13H18O2/c1-13(2,11-7-4-3-5-8-11)15-12-9-6-10-14-12/h3-5,7-8,12H,6,9-10H2,1-2H3. The van der Waals surface area contributed by atoms with E-state index < -0.39 is 0 Å². The highest BCUT2D eigenvalue weighted by Crippen LogP contribution is 2.29. The average molecular weight is 206 g/mol. The summed E-state index contributed by atoms with van der Waals surface area (Å²) < 4.78 is 11.5. The largest absolute Gasteiger partial charge is 0.353 e. The molecular formula is C13H18O2. The predicted octanol–water partition coefficient (Wildman–Crippen LogP) is 3.07. The van der Waals surface area contributed by atoms with Crippen molar-refractivity contribution in [1.29, 1.82) is 0 Å².